The summed E-state index contributed by atoms with van der Waals surface area (Å²) >= 11 is 12.3. The summed E-state index contributed by atoms with van der Waals surface area (Å²) in [5.41, 5.74) is 2.43. The molecule has 1 aliphatic heterocycles. The lowest BCUT2D eigenvalue weighted by Gasteiger charge is -2.34. The van der Waals surface area contributed by atoms with Gasteiger partial charge >= 0.3 is 0 Å². The molecule has 0 spiro atoms. The van der Waals surface area contributed by atoms with Gasteiger partial charge in [0.2, 0.25) is 0 Å². The number of hydrogen-bond donors (Lipinski definition) is 0. The van der Waals surface area contributed by atoms with Crippen LogP contribution in [0.15, 0.2) is 48.7 Å². The van der Waals surface area contributed by atoms with Gasteiger partial charge in [-0.25, -0.2) is 0 Å². The molecule has 1 aliphatic rings. The number of ether oxygens (including phenoxy) is 1. The fourth-order valence-corrected chi connectivity index (χ4v) is 4.13. The van der Waals surface area contributed by atoms with Crippen molar-refractivity contribution in [2.45, 2.75) is 19.0 Å². The molecule has 2 heterocycles. The van der Waals surface area contributed by atoms with Gasteiger partial charge in [0.15, 0.2) is 5.75 Å². The van der Waals surface area contributed by atoms with Crippen LogP contribution in [0, 0.1) is 10.1 Å². The van der Waals surface area contributed by atoms with Crippen molar-refractivity contribution in [3.63, 3.8) is 0 Å². The van der Waals surface area contributed by atoms with Crippen molar-refractivity contribution in [1.82, 2.24) is 15.1 Å². The Morgan fingerprint density at radius 2 is 2.00 bits per heavy atom. The minimum Gasteiger partial charge on any atom is -0.454 e. The Morgan fingerprint density at radius 1 is 1.23 bits per heavy atom. The molecule has 10 heteroatoms. The zero-order chi connectivity index (χ0) is 22.0. The fraction of sp³-hybridized carbons (Fsp3) is 0.190. The molecule has 0 fully saturated rings. The Kier molecular flexibility index (Phi) is 6.13. The molecule has 0 bridgehead atoms. The van der Waals surface area contributed by atoms with Crippen LogP contribution in [0.4, 0.5) is 5.69 Å². The number of nitro groups is 1. The molecule has 3 aromatic rings. The molecule has 1 aromatic heterocycles. The SMILES string of the molecule is O=CC1c2ccc(Oc3c(Cl)cc([N+](=O)[O-])cc3Cl)cc2CCN1Cc1cccnn1. The molecule has 1 unspecified atom stereocenters. The summed E-state index contributed by atoms with van der Waals surface area (Å²) in [5, 5.41) is 19.0. The minimum absolute atomic E-state index is 0.0397. The van der Waals surface area contributed by atoms with Crippen LogP contribution in [0.25, 0.3) is 0 Å². The Balaban J connectivity index is 1.57. The standard InChI is InChI=1S/C21H16Cl2N4O4/c22-18-9-15(27(29)30)10-19(23)21(18)31-16-3-4-17-13(8-16)5-7-26(20(17)12-28)11-14-2-1-6-24-25-14/h1-4,6,8-10,12,20H,5,7,11H2. The van der Waals surface area contributed by atoms with Crippen molar-refractivity contribution >= 4 is 35.2 Å². The summed E-state index contributed by atoms with van der Waals surface area (Å²) < 4.78 is 5.83. The van der Waals surface area contributed by atoms with E-state index in [9.17, 15) is 14.9 Å². The average molecular weight is 459 g/mol. The number of halogens is 2. The normalized spacial score (nSPS) is 15.9. The third-order valence-corrected chi connectivity index (χ3v) is 5.59. The summed E-state index contributed by atoms with van der Waals surface area (Å²) in [4.78, 5) is 24.3. The van der Waals surface area contributed by atoms with E-state index < -0.39 is 11.0 Å². The highest BCUT2D eigenvalue weighted by Gasteiger charge is 2.28. The van der Waals surface area contributed by atoms with Crippen molar-refractivity contribution in [2.75, 3.05) is 6.54 Å². The molecule has 1 atom stereocenters. The molecule has 4 rings (SSSR count). The lowest BCUT2D eigenvalue weighted by molar-refractivity contribution is -0.384. The van der Waals surface area contributed by atoms with E-state index in [1.165, 1.54) is 12.1 Å². The molecule has 2 aromatic carbocycles. The van der Waals surface area contributed by atoms with Crippen molar-refractivity contribution in [3.8, 4) is 11.5 Å². The molecule has 0 saturated heterocycles. The second kappa shape index (κ2) is 8.97. The van der Waals surface area contributed by atoms with Crippen LogP contribution in [0.2, 0.25) is 10.0 Å². The number of hydrogen-bond acceptors (Lipinski definition) is 7. The summed E-state index contributed by atoms with van der Waals surface area (Å²) in [7, 11) is 0. The second-order valence-corrected chi connectivity index (χ2v) is 7.79. The summed E-state index contributed by atoms with van der Waals surface area (Å²) in [5.74, 6) is 0.615. The van der Waals surface area contributed by atoms with E-state index in [1.54, 1.807) is 12.3 Å². The number of non-ortho nitro benzene ring substituents is 1. The van der Waals surface area contributed by atoms with Gasteiger partial charge in [-0.2, -0.15) is 10.2 Å². The Bertz CT molecular complexity index is 1120. The van der Waals surface area contributed by atoms with Gasteiger partial charge in [0.25, 0.3) is 5.69 Å². The monoisotopic (exact) mass is 458 g/mol. The number of aromatic nitrogens is 2. The van der Waals surface area contributed by atoms with Crippen LogP contribution in [0.1, 0.15) is 22.9 Å². The van der Waals surface area contributed by atoms with Crippen LogP contribution in [-0.4, -0.2) is 32.9 Å². The van der Waals surface area contributed by atoms with Crippen LogP contribution in [-0.2, 0) is 17.8 Å². The topological polar surface area (TPSA) is 98.5 Å². The summed E-state index contributed by atoms with van der Waals surface area (Å²) in [6, 6.07) is 11.0. The van der Waals surface area contributed by atoms with E-state index in [0.717, 1.165) is 23.1 Å². The number of carbonyl (C=O) groups excluding carboxylic acids is 1. The number of nitrogens with zero attached hydrogens (tertiary/aromatic N) is 4. The summed E-state index contributed by atoms with van der Waals surface area (Å²) in [6.07, 6.45) is 3.23. The van der Waals surface area contributed by atoms with Gasteiger partial charge in [0.05, 0.1) is 26.7 Å². The first-order valence-corrected chi connectivity index (χ1v) is 10.1. The molecule has 158 valence electrons. The van der Waals surface area contributed by atoms with Gasteiger partial charge in [-0.1, -0.05) is 29.3 Å². The maximum Gasteiger partial charge on any atom is 0.272 e. The van der Waals surface area contributed by atoms with Crippen molar-refractivity contribution in [1.29, 1.82) is 0 Å². The highest BCUT2D eigenvalue weighted by Crippen LogP contribution is 2.40. The highest BCUT2D eigenvalue weighted by molar-refractivity contribution is 6.37. The number of benzene rings is 2. The van der Waals surface area contributed by atoms with Crippen molar-refractivity contribution in [2.24, 2.45) is 0 Å². The Labute approximate surface area is 187 Å². The van der Waals surface area contributed by atoms with Gasteiger partial charge in [0, 0.05) is 31.4 Å². The number of fused-ring (bicyclic) bond motifs is 1. The van der Waals surface area contributed by atoms with E-state index in [2.05, 4.69) is 10.2 Å². The van der Waals surface area contributed by atoms with Gasteiger partial charge in [-0.05, 0) is 41.8 Å². The van der Waals surface area contributed by atoms with Crippen LogP contribution in [0.3, 0.4) is 0 Å². The fourth-order valence-electron chi connectivity index (χ4n) is 3.58. The number of nitro benzene ring substituents is 1. The van der Waals surface area contributed by atoms with Gasteiger partial charge in [0.1, 0.15) is 12.0 Å². The molecular formula is C21H16Cl2N4O4. The molecule has 0 amide bonds. The molecule has 0 N–H and O–H groups in total. The molecule has 0 aliphatic carbocycles. The van der Waals surface area contributed by atoms with E-state index in [0.29, 0.717) is 25.3 Å². The van der Waals surface area contributed by atoms with Crippen molar-refractivity contribution in [3.05, 3.63) is 85.6 Å². The third-order valence-electron chi connectivity index (χ3n) is 5.03. The Hall–Kier alpha value is -3.07. The van der Waals surface area contributed by atoms with E-state index in [-0.39, 0.29) is 21.5 Å². The smallest absolute Gasteiger partial charge is 0.272 e. The minimum atomic E-state index is -0.577. The zero-order valence-electron chi connectivity index (χ0n) is 16.1. The predicted molar refractivity (Wildman–Crippen MR) is 115 cm³/mol. The maximum absolute atomic E-state index is 11.9. The Morgan fingerprint density at radius 3 is 2.65 bits per heavy atom. The van der Waals surface area contributed by atoms with Crippen molar-refractivity contribution < 1.29 is 14.5 Å². The lowest BCUT2D eigenvalue weighted by atomic mass is 9.93. The number of aldehydes is 1. The van der Waals surface area contributed by atoms with Crippen LogP contribution < -0.4 is 4.74 Å². The lowest BCUT2D eigenvalue weighted by Crippen LogP contribution is -2.36. The first-order valence-electron chi connectivity index (χ1n) is 9.36. The number of rotatable bonds is 6. The van der Waals surface area contributed by atoms with E-state index in [1.807, 2.05) is 29.2 Å². The maximum atomic E-state index is 11.9. The first-order chi connectivity index (χ1) is 15.0. The molecular weight excluding hydrogens is 443 g/mol. The molecule has 0 saturated carbocycles. The predicted octanol–water partition coefficient (Wildman–Crippen LogP) is 4.78. The summed E-state index contributed by atoms with van der Waals surface area (Å²) in [6.45, 7) is 1.18. The van der Waals surface area contributed by atoms with Gasteiger partial charge in [-0.15, -0.1) is 0 Å². The molecule has 0 radical (unpaired) electrons. The highest BCUT2D eigenvalue weighted by atomic mass is 35.5. The average Bonchev–Trinajstić information content (AvgIpc) is 2.76. The number of carbonyl (C=O) groups is 1. The third kappa shape index (κ3) is 4.51. The zero-order valence-corrected chi connectivity index (χ0v) is 17.6. The largest absolute Gasteiger partial charge is 0.454 e. The van der Waals surface area contributed by atoms with E-state index in [4.69, 9.17) is 27.9 Å². The first kappa shape index (κ1) is 21.2. The van der Waals surface area contributed by atoms with Crippen LogP contribution >= 0.6 is 23.2 Å². The van der Waals surface area contributed by atoms with E-state index >= 15 is 0 Å². The second-order valence-electron chi connectivity index (χ2n) is 6.97. The van der Waals surface area contributed by atoms with Gasteiger partial charge in [-0.3, -0.25) is 15.0 Å². The molecule has 31 heavy (non-hydrogen) atoms. The molecule has 8 nitrogen and oxygen atoms in total. The quantitative estimate of drug-likeness (QED) is 0.297. The van der Waals surface area contributed by atoms with Gasteiger partial charge < -0.3 is 9.53 Å². The van der Waals surface area contributed by atoms with Crippen LogP contribution in [0.5, 0.6) is 11.5 Å².